The van der Waals surface area contributed by atoms with Crippen molar-refractivity contribution >= 4 is 23.2 Å². The molecule has 0 aliphatic carbocycles. The Labute approximate surface area is 137 Å². The number of aromatic nitrogens is 2. The molecule has 0 radical (unpaired) electrons. The maximum atomic E-state index is 12.0. The molecular weight excluding hydrogens is 318 g/mol. The normalized spacial score (nSPS) is 12.8. The van der Waals surface area contributed by atoms with Crippen molar-refractivity contribution in [3.8, 4) is 11.5 Å². The zero-order valence-corrected chi connectivity index (χ0v) is 14.0. The van der Waals surface area contributed by atoms with Gasteiger partial charge in [0.1, 0.15) is 6.04 Å². The van der Waals surface area contributed by atoms with Gasteiger partial charge >= 0.3 is 5.97 Å². The van der Waals surface area contributed by atoms with Gasteiger partial charge in [-0.3, -0.25) is 4.79 Å². The van der Waals surface area contributed by atoms with Crippen LogP contribution in [0.2, 0.25) is 0 Å². The van der Waals surface area contributed by atoms with Gasteiger partial charge in [0.15, 0.2) is 0 Å². The number of hydrogen-bond donors (Lipinski definition) is 2. The Kier molecular flexibility index (Phi) is 5.15. The number of hydrogen-bond acceptors (Lipinski definition) is 6. The predicted octanol–water partition coefficient (Wildman–Crippen LogP) is 2.35. The van der Waals surface area contributed by atoms with Crippen molar-refractivity contribution in [3.63, 3.8) is 0 Å². The van der Waals surface area contributed by atoms with Crippen molar-refractivity contribution in [2.45, 2.75) is 39.7 Å². The summed E-state index contributed by atoms with van der Waals surface area (Å²) in [6.07, 6.45) is 0.352. The van der Waals surface area contributed by atoms with Gasteiger partial charge in [-0.15, -0.1) is 10.2 Å². The van der Waals surface area contributed by atoms with Gasteiger partial charge in [0.2, 0.25) is 17.7 Å². The number of nitrogens with zero attached hydrogens (tertiary/aromatic N) is 2. The van der Waals surface area contributed by atoms with E-state index in [4.69, 9.17) is 4.42 Å². The summed E-state index contributed by atoms with van der Waals surface area (Å²) >= 11 is 1.53. The number of thiophene rings is 1. The second kappa shape index (κ2) is 6.91. The maximum absolute atomic E-state index is 12.0. The number of carbonyl (C=O) groups is 2. The Morgan fingerprint density at radius 3 is 2.70 bits per heavy atom. The molecule has 0 bridgehead atoms. The summed E-state index contributed by atoms with van der Waals surface area (Å²) in [5.74, 6) is -0.644. The maximum Gasteiger partial charge on any atom is 0.326 e. The Balaban J connectivity index is 1.90. The zero-order chi connectivity index (χ0) is 17.0. The lowest BCUT2D eigenvalue weighted by Crippen LogP contribution is -2.49. The molecule has 2 aromatic heterocycles. The lowest BCUT2D eigenvalue weighted by Gasteiger charge is -2.27. The molecule has 0 aliphatic rings. The first-order valence-electron chi connectivity index (χ1n) is 7.14. The second-order valence-electron chi connectivity index (χ2n) is 6.22. The molecule has 0 unspecified atom stereocenters. The van der Waals surface area contributed by atoms with Gasteiger partial charge in [0.25, 0.3) is 0 Å². The number of carboxylic acids is 1. The number of aliphatic carboxylic acids is 1. The third kappa shape index (κ3) is 4.62. The fourth-order valence-corrected chi connectivity index (χ4v) is 2.59. The van der Waals surface area contributed by atoms with Crippen LogP contribution in [-0.4, -0.2) is 33.2 Å². The summed E-state index contributed by atoms with van der Waals surface area (Å²) in [5.41, 5.74) is 0.273. The summed E-state index contributed by atoms with van der Waals surface area (Å²) in [7, 11) is 0. The van der Waals surface area contributed by atoms with E-state index in [0.717, 1.165) is 5.56 Å². The number of amides is 1. The molecule has 0 aromatic carbocycles. The number of aryl methyl sites for hydroxylation is 1. The molecule has 2 aromatic rings. The largest absolute Gasteiger partial charge is 0.480 e. The first kappa shape index (κ1) is 17.1. The summed E-state index contributed by atoms with van der Waals surface area (Å²) in [6, 6.07) is 0.925. The zero-order valence-electron chi connectivity index (χ0n) is 13.2. The van der Waals surface area contributed by atoms with E-state index < -0.39 is 17.4 Å². The molecule has 7 nitrogen and oxygen atoms in total. The molecular formula is C15H19N3O4S. The van der Waals surface area contributed by atoms with Crippen LogP contribution >= 0.6 is 11.3 Å². The molecule has 1 amide bonds. The van der Waals surface area contributed by atoms with Gasteiger partial charge in [-0.1, -0.05) is 20.8 Å². The van der Waals surface area contributed by atoms with Gasteiger partial charge in [0, 0.05) is 23.8 Å². The van der Waals surface area contributed by atoms with E-state index in [0.29, 0.717) is 11.8 Å². The molecule has 0 aliphatic heterocycles. The van der Waals surface area contributed by atoms with Crippen LogP contribution in [0.1, 0.15) is 33.1 Å². The van der Waals surface area contributed by atoms with Crippen molar-refractivity contribution in [2.75, 3.05) is 0 Å². The molecule has 2 rings (SSSR count). The van der Waals surface area contributed by atoms with Crippen molar-refractivity contribution < 1.29 is 19.1 Å². The standard InChI is InChI=1S/C15H19N3O4S/c1-15(2,3)12(14(20)21)16-10(19)4-5-11-17-18-13(22-11)9-6-7-23-8-9/h6-8,12H,4-5H2,1-3H3,(H,16,19)(H,20,21)/t12-/m1/s1. The molecule has 23 heavy (non-hydrogen) atoms. The van der Waals surface area contributed by atoms with Gasteiger partial charge in [0.05, 0.1) is 0 Å². The number of carbonyl (C=O) groups excluding carboxylic acids is 1. The number of nitrogens with one attached hydrogen (secondary N) is 1. The lowest BCUT2D eigenvalue weighted by molar-refractivity contribution is -0.144. The Hall–Kier alpha value is -2.22. The molecule has 0 spiro atoms. The van der Waals surface area contributed by atoms with E-state index in [1.807, 2.05) is 16.8 Å². The van der Waals surface area contributed by atoms with E-state index in [9.17, 15) is 14.7 Å². The van der Waals surface area contributed by atoms with Crippen LogP contribution in [0, 0.1) is 5.41 Å². The minimum Gasteiger partial charge on any atom is -0.480 e. The monoisotopic (exact) mass is 337 g/mol. The minimum absolute atomic E-state index is 0.0884. The van der Waals surface area contributed by atoms with Gasteiger partial charge in [-0.25, -0.2) is 4.79 Å². The highest BCUT2D eigenvalue weighted by molar-refractivity contribution is 7.08. The third-order valence-electron chi connectivity index (χ3n) is 3.22. The third-order valence-corrected chi connectivity index (χ3v) is 3.90. The molecule has 1 atom stereocenters. The molecule has 2 heterocycles. The second-order valence-corrected chi connectivity index (χ2v) is 7.00. The van der Waals surface area contributed by atoms with Crippen LogP contribution in [0.15, 0.2) is 21.2 Å². The molecule has 2 N–H and O–H groups in total. The topological polar surface area (TPSA) is 105 Å². The first-order valence-corrected chi connectivity index (χ1v) is 8.09. The molecule has 8 heteroatoms. The van der Waals surface area contributed by atoms with E-state index in [1.54, 1.807) is 20.8 Å². The van der Waals surface area contributed by atoms with Crippen molar-refractivity contribution in [2.24, 2.45) is 5.41 Å². The highest BCUT2D eigenvalue weighted by atomic mass is 32.1. The van der Waals surface area contributed by atoms with E-state index in [-0.39, 0.29) is 18.7 Å². The highest BCUT2D eigenvalue weighted by Gasteiger charge is 2.32. The van der Waals surface area contributed by atoms with Crippen LogP contribution in [0.4, 0.5) is 0 Å². The van der Waals surface area contributed by atoms with E-state index >= 15 is 0 Å². The molecule has 0 saturated carbocycles. The van der Waals surface area contributed by atoms with Crippen LogP contribution in [-0.2, 0) is 16.0 Å². The molecule has 0 saturated heterocycles. The Bertz CT molecular complexity index is 673. The Morgan fingerprint density at radius 1 is 1.39 bits per heavy atom. The SMILES string of the molecule is CC(C)(C)[C@H](NC(=O)CCc1nnc(-c2ccsc2)o1)C(=O)O. The van der Waals surface area contributed by atoms with Crippen LogP contribution < -0.4 is 5.32 Å². The average Bonchev–Trinajstić information content (AvgIpc) is 3.11. The first-order chi connectivity index (χ1) is 10.8. The molecule has 124 valence electrons. The summed E-state index contributed by atoms with van der Waals surface area (Å²) in [4.78, 5) is 23.2. The lowest BCUT2D eigenvalue weighted by atomic mass is 9.86. The van der Waals surface area contributed by atoms with Crippen molar-refractivity contribution in [1.29, 1.82) is 0 Å². The quantitative estimate of drug-likeness (QED) is 0.838. The van der Waals surface area contributed by atoms with E-state index in [1.165, 1.54) is 11.3 Å². The average molecular weight is 337 g/mol. The van der Waals surface area contributed by atoms with Crippen LogP contribution in [0.25, 0.3) is 11.5 Å². The van der Waals surface area contributed by atoms with Crippen LogP contribution in [0.3, 0.4) is 0 Å². The summed E-state index contributed by atoms with van der Waals surface area (Å²) in [6.45, 7) is 5.28. The van der Waals surface area contributed by atoms with Crippen molar-refractivity contribution in [1.82, 2.24) is 15.5 Å². The summed E-state index contributed by atoms with van der Waals surface area (Å²) in [5, 5.41) is 23.4. The predicted molar refractivity (Wildman–Crippen MR) is 85.0 cm³/mol. The number of carboxylic acid groups (broad SMARTS) is 1. The van der Waals surface area contributed by atoms with Crippen LogP contribution in [0.5, 0.6) is 0 Å². The Morgan fingerprint density at radius 2 is 2.13 bits per heavy atom. The highest BCUT2D eigenvalue weighted by Crippen LogP contribution is 2.21. The van der Waals surface area contributed by atoms with Gasteiger partial charge in [-0.05, 0) is 16.9 Å². The minimum atomic E-state index is -1.05. The number of rotatable bonds is 6. The van der Waals surface area contributed by atoms with Crippen molar-refractivity contribution in [3.05, 3.63) is 22.7 Å². The fraction of sp³-hybridized carbons (Fsp3) is 0.467. The summed E-state index contributed by atoms with van der Waals surface area (Å²) < 4.78 is 5.49. The van der Waals surface area contributed by atoms with Gasteiger partial charge < -0.3 is 14.8 Å². The fourth-order valence-electron chi connectivity index (χ4n) is 1.96. The van der Waals surface area contributed by atoms with Gasteiger partial charge in [-0.2, -0.15) is 11.3 Å². The van der Waals surface area contributed by atoms with E-state index in [2.05, 4.69) is 15.5 Å². The molecule has 0 fully saturated rings. The smallest absolute Gasteiger partial charge is 0.326 e.